The molecule has 1 heterocycles. The standard InChI is InChI=1S/C16H23NO2/c1-13(14-6-3-2-4-7-14)9-11-17-10-5-8-15(17)12-16(18)19/h2-4,6-7,13,15H,5,8-12H2,1H3,(H,18,19). The molecule has 2 atom stereocenters. The van der Waals surface area contributed by atoms with Crippen LogP contribution in [0.4, 0.5) is 0 Å². The fraction of sp³-hybridized carbons (Fsp3) is 0.562. The van der Waals surface area contributed by atoms with Crippen LogP contribution in [-0.4, -0.2) is 35.1 Å². The molecule has 1 saturated heterocycles. The maximum Gasteiger partial charge on any atom is 0.304 e. The lowest BCUT2D eigenvalue weighted by atomic mass is 9.97. The van der Waals surface area contributed by atoms with Gasteiger partial charge in [-0.25, -0.2) is 0 Å². The van der Waals surface area contributed by atoms with E-state index in [-0.39, 0.29) is 6.04 Å². The van der Waals surface area contributed by atoms with Crippen LogP contribution < -0.4 is 0 Å². The van der Waals surface area contributed by atoms with Gasteiger partial charge in [-0.3, -0.25) is 9.69 Å². The Morgan fingerprint density at radius 1 is 1.42 bits per heavy atom. The van der Waals surface area contributed by atoms with E-state index >= 15 is 0 Å². The van der Waals surface area contributed by atoms with E-state index in [1.165, 1.54) is 5.56 Å². The molecule has 1 N–H and O–H groups in total. The highest BCUT2D eigenvalue weighted by Crippen LogP contribution is 2.24. The highest BCUT2D eigenvalue weighted by Gasteiger charge is 2.26. The van der Waals surface area contributed by atoms with Crippen LogP contribution >= 0.6 is 0 Å². The summed E-state index contributed by atoms with van der Waals surface area (Å²) in [7, 11) is 0. The van der Waals surface area contributed by atoms with E-state index in [1.54, 1.807) is 0 Å². The zero-order valence-electron chi connectivity index (χ0n) is 11.6. The van der Waals surface area contributed by atoms with E-state index in [9.17, 15) is 4.79 Å². The van der Waals surface area contributed by atoms with Gasteiger partial charge in [0, 0.05) is 6.04 Å². The summed E-state index contributed by atoms with van der Waals surface area (Å²) in [6.07, 6.45) is 3.56. The first-order chi connectivity index (χ1) is 9.16. The number of likely N-dealkylation sites (tertiary alicyclic amines) is 1. The summed E-state index contributed by atoms with van der Waals surface area (Å²) in [6, 6.07) is 10.8. The average molecular weight is 261 g/mol. The lowest BCUT2D eigenvalue weighted by Gasteiger charge is -2.24. The second-order valence-corrected chi connectivity index (χ2v) is 5.53. The number of hydrogen-bond acceptors (Lipinski definition) is 2. The van der Waals surface area contributed by atoms with Gasteiger partial charge in [-0.15, -0.1) is 0 Å². The van der Waals surface area contributed by atoms with E-state index in [2.05, 4.69) is 36.1 Å². The van der Waals surface area contributed by atoms with Crippen LogP contribution in [0.2, 0.25) is 0 Å². The van der Waals surface area contributed by atoms with E-state index in [4.69, 9.17) is 5.11 Å². The number of carboxylic acids is 1. The molecule has 0 aromatic heterocycles. The maximum absolute atomic E-state index is 10.8. The molecule has 3 heteroatoms. The van der Waals surface area contributed by atoms with Crippen molar-refractivity contribution in [1.29, 1.82) is 0 Å². The molecule has 0 amide bonds. The zero-order valence-corrected chi connectivity index (χ0v) is 11.6. The van der Waals surface area contributed by atoms with E-state index in [0.717, 1.165) is 32.4 Å². The summed E-state index contributed by atoms with van der Waals surface area (Å²) in [6.45, 7) is 4.31. The van der Waals surface area contributed by atoms with Crippen molar-refractivity contribution in [2.75, 3.05) is 13.1 Å². The van der Waals surface area contributed by atoms with Gasteiger partial charge in [0.15, 0.2) is 0 Å². The first-order valence-corrected chi connectivity index (χ1v) is 7.17. The Morgan fingerprint density at radius 2 is 2.16 bits per heavy atom. The van der Waals surface area contributed by atoms with Gasteiger partial charge in [-0.1, -0.05) is 37.3 Å². The van der Waals surface area contributed by atoms with Gasteiger partial charge in [-0.2, -0.15) is 0 Å². The molecule has 0 aliphatic carbocycles. The number of benzene rings is 1. The summed E-state index contributed by atoms with van der Waals surface area (Å²) in [4.78, 5) is 13.2. The normalized spacial score (nSPS) is 21.4. The second kappa shape index (κ2) is 6.71. The molecular weight excluding hydrogens is 238 g/mol. The van der Waals surface area contributed by atoms with E-state index in [1.807, 2.05) is 6.07 Å². The summed E-state index contributed by atoms with van der Waals surface area (Å²) >= 11 is 0. The predicted octanol–water partition coefficient (Wildman–Crippen LogP) is 3.12. The van der Waals surface area contributed by atoms with Crippen LogP contribution in [0.25, 0.3) is 0 Å². The molecule has 1 aliphatic rings. The highest BCUT2D eigenvalue weighted by atomic mass is 16.4. The Kier molecular flexibility index (Phi) is 4.97. The Balaban J connectivity index is 1.83. The number of rotatable bonds is 6. The van der Waals surface area contributed by atoms with Crippen molar-refractivity contribution in [3.63, 3.8) is 0 Å². The van der Waals surface area contributed by atoms with Crippen molar-refractivity contribution < 1.29 is 9.90 Å². The van der Waals surface area contributed by atoms with Gasteiger partial charge >= 0.3 is 5.97 Å². The number of aliphatic carboxylic acids is 1. The topological polar surface area (TPSA) is 40.5 Å². The van der Waals surface area contributed by atoms with Gasteiger partial charge in [0.1, 0.15) is 0 Å². The fourth-order valence-corrected chi connectivity index (χ4v) is 2.93. The highest BCUT2D eigenvalue weighted by molar-refractivity contribution is 5.67. The molecule has 1 fully saturated rings. The zero-order chi connectivity index (χ0) is 13.7. The Morgan fingerprint density at radius 3 is 2.84 bits per heavy atom. The van der Waals surface area contributed by atoms with Gasteiger partial charge in [0.25, 0.3) is 0 Å². The van der Waals surface area contributed by atoms with E-state index in [0.29, 0.717) is 12.3 Å². The predicted molar refractivity (Wildman–Crippen MR) is 76.3 cm³/mol. The van der Waals surface area contributed by atoms with Crippen LogP contribution in [0.15, 0.2) is 30.3 Å². The van der Waals surface area contributed by atoms with Gasteiger partial charge in [-0.05, 0) is 43.8 Å². The second-order valence-electron chi connectivity index (χ2n) is 5.53. The molecule has 19 heavy (non-hydrogen) atoms. The molecule has 1 aromatic carbocycles. The van der Waals surface area contributed by atoms with Crippen LogP contribution in [0.5, 0.6) is 0 Å². The molecule has 1 aromatic rings. The number of carboxylic acid groups (broad SMARTS) is 1. The van der Waals surface area contributed by atoms with Gasteiger partial charge in [0.05, 0.1) is 6.42 Å². The monoisotopic (exact) mass is 261 g/mol. The third-order valence-electron chi connectivity index (χ3n) is 4.13. The molecule has 104 valence electrons. The minimum absolute atomic E-state index is 0.250. The molecule has 2 unspecified atom stereocenters. The molecule has 0 saturated carbocycles. The van der Waals surface area contributed by atoms with Crippen molar-refractivity contribution in [3.8, 4) is 0 Å². The van der Waals surface area contributed by atoms with Crippen molar-refractivity contribution in [2.45, 2.75) is 44.6 Å². The smallest absolute Gasteiger partial charge is 0.304 e. The summed E-state index contributed by atoms with van der Waals surface area (Å²) in [5.41, 5.74) is 1.37. The molecule has 0 spiro atoms. The largest absolute Gasteiger partial charge is 0.481 e. The van der Waals surface area contributed by atoms with Crippen LogP contribution in [-0.2, 0) is 4.79 Å². The summed E-state index contributed by atoms with van der Waals surface area (Å²) in [5.74, 6) is -0.139. The fourth-order valence-electron chi connectivity index (χ4n) is 2.93. The molecule has 0 bridgehead atoms. The lowest BCUT2D eigenvalue weighted by molar-refractivity contribution is -0.138. The van der Waals surface area contributed by atoms with Gasteiger partial charge < -0.3 is 5.11 Å². The first-order valence-electron chi connectivity index (χ1n) is 7.17. The van der Waals surface area contributed by atoms with Crippen molar-refractivity contribution in [3.05, 3.63) is 35.9 Å². The molecule has 0 radical (unpaired) electrons. The summed E-state index contributed by atoms with van der Waals surface area (Å²) in [5, 5.41) is 8.92. The molecule has 1 aliphatic heterocycles. The Hall–Kier alpha value is -1.35. The molecule has 2 rings (SSSR count). The van der Waals surface area contributed by atoms with E-state index < -0.39 is 5.97 Å². The van der Waals surface area contributed by atoms with Crippen molar-refractivity contribution >= 4 is 5.97 Å². The maximum atomic E-state index is 10.8. The Labute approximate surface area is 115 Å². The van der Waals surface area contributed by atoms with Gasteiger partial charge in [0.2, 0.25) is 0 Å². The minimum atomic E-state index is -0.673. The third-order valence-corrected chi connectivity index (χ3v) is 4.13. The number of carbonyl (C=O) groups is 1. The number of nitrogens with zero attached hydrogens (tertiary/aromatic N) is 1. The summed E-state index contributed by atoms with van der Waals surface area (Å²) < 4.78 is 0. The van der Waals surface area contributed by atoms with Crippen LogP contribution in [0.1, 0.15) is 44.1 Å². The quantitative estimate of drug-likeness (QED) is 0.855. The van der Waals surface area contributed by atoms with Crippen LogP contribution in [0, 0.1) is 0 Å². The minimum Gasteiger partial charge on any atom is -0.481 e. The van der Waals surface area contributed by atoms with Crippen molar-refractivity contribution in [2.24, 2.45) is 0 Å². The number of hydrogen-bond donors (Lipinski definition) is 1. The van der Waals surface area contributed by atoms with Crippen LogP contribution in [0.3, 0.4) is 0 Å². The third kappa shape index (κ3) is 4.06. The SMILES string of the molecule is CC(CCN1CCCC1CC(=O)O)c1ccccc1. The first kappa shape index (κ1) is 14.1. The molecule has 3 nitrogen and oxygen atoms in total. The average Bonchev–Trinajstić information content (AvgIpc) is 2.83. The lowest BCUT2D eigenvalue weighted by Crippen LogP contribution is -2.32. The van der Waals surface area contributed by atoms with Crippen molar-refractivity contribution in [1.82, 2.24) is 4.90 Å². The Bertz CT molecular complexity index is 404. The molecular formula is C16H23NO2.